The van der Waals surface area contributed by atoms with Gasteiger partial charge in [-0.3, -0.25) is 9.78 Å². The van der Waals surface area contributed by atoms with Crippen LogP contribution in [0.5, 0.6) is 0 Å². The Labute approximate surface area is 140 Å². The first-order valence-corrected chi connectivity index (χ1v) is 7.48. The fourth-order valence-electron chi connectivity index (χ4n) is 2.28. The summed E-state index contributed by atoms with van der Waals surface area (Å²) >= 11 is 0. The van der Waals surface area contributed by atoms with Crippen molar-refractivity contribution in [2.45, 2.75) is 6.92 Å². The van der Waals surface area contributed by atoms with Crippen molar-refractivity contribution in [3.63, 3.8) is 0 Å². The van der Waals surface area contributed by atoms with Gasteiger partial charge in [-0.15, -0.1) is 0 Å². The number of aryl methyl sites for hydroxylation is 1. The minimum atomic E-state index is -0.203. The molecule has 1 N–H and O–H groups in total. The highest BCUT2D eigenvalue weighted by atomic mass is 16.1. The molecular formula is C19H16N4O. The summed E-state index contributed by atoms with van der Waals surface area (Å²) in [5, 5.41) is 6.86. The third-order valence-corrected chi connectivity index (χ3v) is 3.52. The quantitative estimate of drug-likeness (QED) is 0.738. The van der Waals surface area contributed by atoms with Gasteiger partial charge in [-0.05, 0) is 48.9 Å². The zero-order chi connectivity index (χ0) is 16.9. The second-order valence-electron chi connectivity index (χ2n) is 5.21. The third-order valence-electron chi connectivity index (χ3n) is 3.52. The SMILES string of the molecule is CNC(=O)c1ccn(-c2ccc(C#Cc3ccncc3)cc2C)n1. The number of hydrogen-bond acceptors (Lipinski definition) is 3. The number of carbonyl (C=O) groups excluding carboxylic acids is 1. The van der Waals surface area contributed by atoms with Crippen molar-refractivity contribution in [1.82, 2.24) is 20.1 Å². The van der Waals surface area contributed by atoms with Crippen molar-refractivity contribution < 1.29 is 4.79 Å². The van der Waals surface area contributed by atoms with E-state index in [1.807, 2.05) is 37.3 Å². The number of pyridine rings is 1. The average Bonchev–Trinajstić information content (AvgIpc) is 3.10. The summed E-state index contributed by atoms with van der Waals surface area (Å²) < 4.78 is 1.69. The monoisotopic (exact) mass is 316 g/mol. The van der Waals surface area contributed by atoms with Gasteiger partial charge in [0, 0.05) is 36.8 Å². The number of nitrogens with zero attached hydrogens (tertiary/aromatic N) is 3. The van der Waals surface area contributed by atoms with E-state index < -0.39 is 0 Å². The first kappa shape index (κ1) is 15.5. The maximum absolute atomic E-state index is 11.6. The van der Waals surface area contributed by atoms with E-state index in [9.17, 15) is 4.79 Å². The van der Waals surface area contributed by atoms with Gasteiger partial charge >= 0.3 is 0 Å². The Kier molecular flexibility index (Phi) is 4.39. The fourth-order valence-corrected chi connectivity index (χ4v) is 2.28. The lowest BCUT2D eigenvalue weighted by Gasteiger charge is -2.06. The van der Waals surface area contributed by atoms with Crippen LogP contribution in [0.15, 0.2) is 55.0 Å². The van der Waals surface area contributed by atoms with E-state index in [1.165, 1.54) is 0 Å². The van der Waals surface area contributed by atoms with E-state index >= 15 is 0 Å². The summed E-state index contributed by atoms with van der Waals surface area (Å²) in [6.07, 6.45) is 5.22. The van der Waals surface area contributed by atoms with E-state index in [0.29, 0.717) is 5.69 Å². The molecule has 0 atom stereocenters. The molecule has 3 aromatic rings. The van der Waals surface area contributed by atoms with Gasteiger partial charge in [0.1, 0.15) is 0 Å². The predicted octanol–water partition coefficient (Wildman–Crippen LogP) is 2.34. The minimum absolute atomic E-state index is 0.203. The summed E-state index contributed by atoms with van der Waals surface area (Å²) in [6.45, 7) is 1.99. The molecule has 0 unspecified atom stereocenters. The second-order valence-corrected chi connectivity index (χ2v) is 5.21. The minimum Gasteiger partial charge on any atom is -0.354 e. The number of carbonyl (C=O) groups is 1. The van der Waals surface area contributed by atoms with Gasteiger partial charge in [0.05, 0.1) is 5.69 Å². The van der Waals surface area contributed by atoms with E-state index in [4.69, 9.17) is 0 Å². The molecule has 0 aliphatic carbocycles. The standard InChI is InChI=1S/C19H16N4O/c1-14-13-16(4-3-15-7-10-21-11-8-15)5-6-18(14)23-12-9-17(22-23)19(24)20-2/h5-13H,1-2H3,(H,20,24). The number of aromatic nitrogens is 3. The van der Waals surface area contributed by atoms with Gasteiger partial charge in [0.25, 0.3) is 5.91 Å². The fraction of sp³-hybridized carbons (Fsp3) is 0.105. The highest BCUT2D eigenvalue weighted by molar-refractivity contribution is 5.91. The third kappa shape index (κ3) is 3.33. The Morgan fingerprint density at radius 2 is 1.83 bits per heavy atom. The maximum atomic E-state index is 11.6. The molecule has 118 valence electrons. The van der Waals surface area contributed by atoms with Gasteiger partial charge in [-0.1, -0.05) is 11.8 Å². The molecule has 0 saturated heterocycles. The largest absolute Gasteiger partial charge is 0.354 e. The summed E-state index contributed by atoms with van der Waals surface area (Å²) in [5.41, 5.74) is 4.18. The van der Waals surface area contributed by atoms with Crippen molar-refractivity contribution in [2.75, 3.05) is 7.05 Å². The van der Waals surface area contributed by atoms with Crippen molar-refractivity contribution in [3.05, 3.63) is 77.4 Å². The van der Waals surface area contributed by atoms with Crippen molar-refractivity contribution in [1.29, 1.82) is 0 Å². The molecule has 0 bridgehead atoms. The van der Waals surface area contributed by atoms with Gasteiger partial charge in [-0.25, -0.2) is 4.68 Å². The van der Waals surface area contributed by atoms with Crippen LogP contribution >= 0.6 is 0 Å². The molecule has 1 aromatic carbocycles. The lowest BCUT2D eigenvalue weighted by molar-refractivity contribution is 0.0957. The summed E-state index contributed by atoms with van der Waals surface area (Å²) in [5.74, 6) is 6.05. The molecule has 0 saturated carbocycles. The Balaban J connectivity index is 1.87. The summed E-state index contributed by atoms with van der Waals surface area (Å²) in [6, 6.07) is 11.3. The Morgan fingerprint density at radius 3 is 2.54 bits per heavy atom. The molecule has 0 aliphatic rings. The molecule has 5 heteroatoms. The topological polar surface area (TPSA) is 59.8 Å². The predicted molar refractivity (Wildman–Crippen MR) is 91.9 cm³/mol. The van der Waals surface area contributed by atoms with Gasteiger partial charge < -0.3 is 5.32 Å². The van der Waals surface area contributed by atoms with Crippen molar-refractivity contribution in [3.8, 4) is 17.5 Å². The zero-order valence-electron chi connectivity index (χ0n) is 13.4. The first-order chi connectivity index (χ1) is 11.7. The van der Waals surface area contributed by atoms with Crippen LogP contribution in [-0.4, -0.2) is 27.7 Å². The Morgan fingerprint density at radius 1 is 1.08 bits per heavy atom. The lowest BCUT2D eigenvalue weighted by Crippen LogP contribution is -2.18. The van der Waals surface area contributed by atoms with Crippen LogP contribution in [0.1, 0.15) is 27.2 Å². The molecule has 2 heterocycles. The highest BCUT2D eigenvalue weighted by Crippen LogP contribution is 2.15. The Hall–Kier alpha value is -3.39. The normalized spacial score (nSPS) is 9.92. The zero-order valence-corrected chi connectivity index (χ0v) is 13.4. The first-order valence-electron chi connectivity index (χ1n) is 7.48. The number of amides is 1. The Bertz CT molecular complexity index is 933. The van der Waals surface area contributed by atoms with E-state index in [-0.39, 0.29) is 5.91 Å². The van der Waals surface area contributed by atoms with Gasteiger partial charge in [-0.2, -0.15) is 5.10 Å². The molecule has 0 radical (unpaired) electrons. The second kappa shape index (κ2) is 6.80. The van der Waals surface area contributed by atoms with Gasteiger partial charge in [0.2, 0.25) is 0 Å². The molecule has 24 heavy (non-hydrogen) atoms. The van der Waals surface area contributed by atoms with Crippen LogP contribution in [0.4, 0.5) is 0 Å². The number of nitrogens with one attached hydrogen (secondary N) is 1. The van der Waals surface area contributed by atoms with E-state index in [2.05, 4.69) is 27.2 Å². The maximum Gasteiger partial charge on any atom is 0.271 e. The molecule has 3 rings (SSSR count). The van der Waals surface area contributed by atoms with Crippen LogP contribution in [0.3, 0.4) is 0 Å². The average molecular weight is 316 g/mol. The number of benzene rings is 1. The van der Waals surface area contributed by atoms with Gasteiger partial charge in [0.15, 0.2) is 5.69 Å². The van der Waals surface area contributed by atoms with Crippen molar-refractivity contribution in [2.24, 2.45) is 0 Å². The van der Waals surface area contributed by atoms with E-state index in [0.717, 1.165) is 22.4 Å². The van der Waals surface area contributed by atoms with Crippen LogP contribution in [0.2, 0.25) is 0 Å². The molecular weight excluding hydrogens is 300 g/mol. The molecule has 5 nitrogen and oxygen atoms in total. The van der Waals surface area contributed by atoms with E-state index in [1.54, 1.807) is 36.4 Å². The number of rotatable bonds is 2. The van der Waals surface area contributed by atoms with Crippen LogP contribution < -0.4 is 5.32 Å². The molecule has 0 fully saturated rings. The molecule has 0 aliphatic heterocycles. The summed E-state index contributed by atoms with van der Waals surface area (Å²) in [4.78, 5) is 15.6. The lowest BCUT2D eigenvalue weighted by atomic mass is 10.1. The number of hydrogen-bond donors (Lipinski definition) is 1. The van der Waals surface area contributed by atoms with Crippen LogP contribution in [0, 0.1) is 18.8 Å². The molecule has 2 aromatic heterocycles. The summed E-state index contributed by atoms with van der Waals surface area (Å²) in [7, 11) is 1.59. The van der Waals surface area contributed by atoms with Crippen LogP contribution in [0.25, 0.3) is 5.69 Å². The molecule has 1 amide bonds. The van der Waals surface area contributed by atoms with Crippen molar-refractivity contribution >= 4 is 5.91 Å². The van der Waals surface area contributed by atoms with Crippen LogP contribution in [-0.2, 0) is 0 Å². The highest BCUT2D eigenvalue weighted by Gasteiger charge is 2.09. The smallest absolute Gasteiger partial charge is 0.271 e. The molecule has 0 spiro atoms.